The van der Waals surface area contributed by atoms with E-state index in [2.05, 4.69) is 15.4 Å². The number of benzene rings is 2. The summed E-state index contributed by atoms with van der Waals surface area (Å²) in [7, 11) is 0. The van der Waals surface area contributed by atoms with Gasteiger partial charge in [0.05, 0.1) is 11.3 Å². The molecule has 3 amide bonds. The van der Waals surface area contributed by atoms with Crippen LogP contribution in [0.1, 0.15) is 23.2 Å². The van der Waals surface area contributed by atoms with Gasteiger partial charge in [0, 0.05) is 12.2 Å². The van der Waals surface area contributed by atoms with E-state index in [1.807, 2.05) is 0 Å². The van der Waals surface area contributed by atoms with Crippen molar-refractivity contribution in [2.75, 3.05) is 23.8 Å². The van der Waals surface area contributed by atoms with E-state index in [4.69, 9.17) is 4.74 Å². The van der Waals surface area contributed by atoms with Crippen molar-refractivity contribution in [3.8, 4) is 11.5 Å². The minimum absolute atomic E-state index is 0.176. The molecule has 2 N–H and O–H groups in total. The molecule has 2 heterocycles. The van der Waals surface area contributed by atoms with Crippen LogP contribution in [0.15, 0.2) is 42.5 Å². The van der Waals surface area contributed by atoms with Crippen LogP contribution >= 0.6 is 0 Å². The van der Waals surface area contributed by atoms with Crippen molar-refractivity contribution in [2.24, 2.45) is 0 Å². The van der Waals surface area contributed by atoms with Gasteiger partial charge in [0.2, 0.25) is 5.91 Å². The van der Waals surface area contributed by atoms with Gasteiger partial charge >= 0.3 is 6.36 Å². The molecule has 0 bridgehead atoms. The van der Waals surface area contributed by atoms with Crippen LogP contribution in [0.25, 0.3) is 0 Å². The Hall–Kier alpha value is -3.76. The molecule has 2 aromatic rings. The number of anilines is 2. The minimum atomic E-state index is -4.80. The van der Waals surface area contributed by atoms with E-state index in [9.17, 15) is 27.6 Å². The SMILES string of the molecule is O=C(COc1ccc(OC(F)(F)F)cc1)Nc1ccc2c(c1)C(=O)N1CCCC1C(=O)N2. The van der Waals surface area contributed by atoms with E-state index < -0.39 is 30.7 Å². The molecule has 2 aliphatic heterocycles. The molecule has 0 spiro atoms. The zero-order chi connectivity index (χ0) is 22.9. The maximum absolute atomic E-state index is 12.8. The molecular formula is C21H18F3N3O5. The molecule has 1 atom stereocenters. The fourth-order valence-corrected chi connectivity index (χ4v) is 3.64. The lowest BCUT2D eigenvalue weighted by Crippen LogP contribution is -2.40. The van der Waals surface area contributed by atoms with E-state index in [-0.39, 0.29) is 23.1 Å². The Labute approximate surface area is 180 Å². The maximum atomic E-state index is 12.8. The van der Waals surface area contributed by atoms with Crippen molar-refractivity contribution in [1.29, 1.82) is 0 Å². The van der Waals surface area contributed by atoms with Gasteiger partial charge < -0.3 is 25.0 Å². The average molecular weight is 449 g/mol. The van der Waals surface area contributed by atoms with Crippen LogP contribution in [0.2, 0.25) is 0 Å². The van der Waals surface area contributed by atoms with Gasteiger partial charge in [-0.05, 0) is 55.3 Å². The van der Waals surface area contributed by atoms with Gasteiger partial charge in [-0.15, -0.1) is 13.2 Å². The molecule has 2 aromatic carbocycles. The summed E-state index contributed by atoms with van der Waals surface area (Å²) in [5, 5.41) is 5.35. The van der Waals surface area contributed by atoms with Crippen molar-refractivity contribution in [2.45, 2.75) is 25.2 Å². The zero-order valence-corrected chi connectivity index (χ0v) is 16.6. The van der Waals surface area contributed by atoms with Gasteiger partial charge in [0.1, 0.15) is 17.5 Å². The third-order valence-electron chi connectivity index (χ3n) is 5.04. The number of nitrogens with one attached hydrogen (secondary N) is 2. The first-order valence-electron chi connectivity index (χ1n) is 9.74. The van der Waals surface area contributed by atoms with Crippen LogP contribution in [0, 0.1) is 0 Å². The van der Waals surface area contributed by atoms with Crippen molar-refractivity contribution >= 4 is 29.1 Å². The number of nitrogens with zero attached hydrogens (tertiary/aromatic N) is 1. The van der Waals surface area contributed by atoms with E-state index >= 15 is 0 Å². The second-order valence-electron chi connectivity index (χ2n) is 7.26. The summed E-state index contributed by atoms with van der Waals surface area (Å²) in [6, 6.07) is 8.70. The molecule has 1 saturated heterocycles. The molecule has 2 aliphatic rings. The predicted molar refractivity (Wildman–Crippen MR) is 106 cm³/mol. The molecule has 0 saturated carbocycles. The van der Waals surface area contributed by atoms with Gasteiger partial charge in [-0.1, -0.05) is 0 Å². The summed E-state index contributed by atoms with van der Waals surface area (Å²) in [6.45, 7) is 0.0863. The molecule has 32 heavy (non-hydrogen) atoms. The summed E-state index contributed by atoms with van der Waals surface area (Å²) in [5.74, 6) is -1.28. The number of hydrogen-bond acceptors (Lipinski definition) is 5. The molecule has 1 unspecified atom stereocenters. The third-order valence-corrected chi connectivity index (χ3v) is 5.04. The zero-order valence-electron chi connectivity index (χ0n) is 16.6. The van der Waals surface area contributed by atoms with Crippen molar-refractivity contribution in [1.82, 2.24) is 4.90 Å². The first kappa shape index (κ1) is 21.5. The summed E-state index contributed by atoms with van der Waals surface area (Å²) in [5.41, 5.74) is 0.998. The highest BCUT2D eigenvalue weighted by atomic mass is 19.4. The Morgan fingerprint density at radius 2 is 1.84 bits per heavy atom. The van der Waals surface area contributed by atoms with E-state index in [1.54, 1.807) is 12.1 Å². The largest absolute Gasteiger partial charge is 0.573 e. The highest BCUT2D eigenvalue weighted by Gasteiger charge is 2.38. The van der Waals surface area contributed by atoms with Crippen LogP contribution in [-0.4, -0.2) is 48.2 Å². The maximum Gasteiger partial charge on any atom is 0.573 e. The first-order valence-corrected chi connectivity index (χ1v) is 9.74. The van der Waals surface area contributed by atoms with Crippen LogP contribution in [0.5, 0.6) is 11.5 Å². The van der Waals surface area contributed by atoms with Gasteiger partial charge in [-0.3, -0.25) is 14.4 Å². The smallest absolute Gasteiger partial charge is 0.484 e. The van der Waals surface area contributed by atoms with E-state index in [1.165, 1.54) is 23.1 Å². The van der Waals surface area contributed by atoms with Gasteiger partial charge in [0.15, 0.2) is 6.61 Å². The van der Waals surface area contributed by atoms with Crippen molar-refractivity contribution in [3.63, 3.8) is 0 Å². The van der Waals surface area contributed by atoms with Crippen LogP contribution in [-0.2, 0) is 9.59 Å². The third kappa shape index (κ3) is 4.76. The second-order valence-corrected chi connectivity index (χ2v) is 7.26. The predicted octanol–water partition coefficient (Wildman–Crippen LogP) is 3.16. The summed E-state index contributed by atoms with van der Waals surface area (Å²) >= 11 is 0. The van der Waals surface area contributed by atoms with Gasteiger partial charge in [0.25, 0.3) is 11.8 Å². The topological polar surface area (TPSA) is 97.0 Å². The number of alkyl halides is 3. The highest BCUT2D eigenvalue weighted by molar-refractivity contribution is 6.11. The Balaban J connectivity index is 1.38. The summed E-state index contributed by atoms with van der Waals surface area (Å²) in [6.07, 6.45) is -3.44. The van der Waals surface area contributed by atoms with Crippen LogP contribution < -0.4 is 20.1 Å². The Morgan fingerprint density at radius 3 is 2.56 bits per heavy atom. The standard InChI is InChI=1S/C21H18F3N3O5/c22-21(23,24)32-14-6-4-13(5-7-14)31-11-18(28)25-12-3-8-16-15(10-12)20(30)27-9-1-2-17(27)19(29)26-16/h3-8,10,17H,1-2,9,11H2,(H,25,28)(H,26,29). The Bertz CT molecular complexity index is 1060. The molecule has 0 radical (unpaired) electrons. The molecule has 0 aromatic heterocycles. The van der Waals surface area contributed by atoms with Gasteiger partial charge in [-0.25, -0.2) is 0 Å². The molecule has 0 aliphatic carbocycles. The number of amides is 3. The number of fused-ring (bicyclic) bond motifs is 2. The number of carbonyl (C=O) groups excluding carboxylic acids is 3. The average Bonchev–Trinajstić information content (AvgIpc) is 3.19. The first-order chi connectivity index (χ1) is 15.2. The molecule has 168 valence electrons. The lowest BCUT2D eigenvalue weighted by atomic mass is 10.1. The number of ether oxygens (including phenoxy) is 2. The van der Waals surface area contributed by atoms with Crippen molar-refractivity contribution < 1.29 is 37.0 Å². The molecule has 11 heteroatoms. The fourth-order valence-electron chi connectivity index (χ4n) is 3.64. The molecule has 4 rings (SSSR count). The van der Waals surface area contributed by atoms with Gasteiger partial charge in [-0.2, -0.15) is 0 Å². The highest BCUT2D eigenvalue weighted by Crippen LogP contribution is 2.30. The normalized spacial score (nSPS) is 17.7. The summed E-state index contributed by atoms with van der Waals surface area (Å²) in [4.78, 5) is 38.9. The molecule has 1 fully saturated rings. The monoisotopic (exact) mass is 449 g/mol. The van der Waals surface area contributed by atoms with E-state index in [0.717, 1.165) is 18.6 Å². The van der Waals surface area contributed by atoms with Crippen LogP contribution in [0.3, 0.4) is 0 Å². The Morgan fingerprint density at radius 1 is 1.12 bits per heavy atom. The lowest BCUT2D eigenvalue weighted by molar-refractivity contribution is -0.274. The number of carbonyl (C=O) groups is 3. The lowest BCUT2D eigenvalue weighted by Gasteiger charge is -2.20. The molecular weight excluding hydrogens is 431 g/mol. The number of hydrogen-bond donors (Lipinski definition) is 2. The minimum Gasteiger partial charge on any atom is -0.484 e. The second kappa shape index (κ2) is 8.40. The quantitative estimate of drug-likeness (QED) is 0.731. The Kier molecular flexibility index (Phi) is 5.64. The van der Waals surface area contributed by atoms with Crippen LogP contribution in [0.4, 0.5) is 24.5 Å². The van der Waals surface area contributed by atoms with E-state index in [0.29, 0.717) is 24.3 Å². The van der Waals surface area contributed by atoms with Crippen molar-refractivity contribution in [3.05, 3.63) is 48.0 Å². The fraction of sp³-hybridized carbons (Fsp3) is 0.286. The number of rotatable bonds is 5. The number of halogens is 3. The summed E-state index contributed by atoms with van der Waals surface area (Å²) < 4.78 is 45.6. The molecule has 8 nitrogen and oxygen atoms in total.